The van der Waals surface area contributed by atoms with Crippen molar-refractivity contribution in [3.8, 4) is 12.3 Å². The van der Waals surface area contributed by atoms with Gasteiger partial charge in [0.1, 0.15) is 0 Å². The molecule has 5 heteroatoms. The summed E-state index contributed by atoms with van der Waals surface area (Å²) in [5, 5.41) is 7.68. The van der Waals surface area contributed by atoms with E-state index in [2.05, 4.69) is 16.3 Å². The van der Waals surface area contributed by atoms with Gasteiger partial charge in [-0.1, -0.05) is 18.1 Å². The fourth-order valence-corrected chi connectivity index (χ4v) is 2.69. The van der Waals surface area contributed by atoms with Gasteiger partial charge in [-0.25, -0.2) is 0 Å². The minimum Gasteiger partial charge on any atom is -0.296 e. The highest BCUT2D eigenvalue weighted by Gasteiger charge is 2.31. The minimum absolute atomic E-state index is 0.226. The van der Waals surface area contributed by atoms with Crippen molar-refractivity contribution in [2.24, 2.45) is 7.05 Å². The van der Waals surface area contributed by atoms with Crippen LogP contribution in [0.2, 0.25) is 0 Å². The van der Waals surface area contributed by atoms with E-state index in [4.69, 9.17) is 6.42 Å². The monoisotopic (exact) mass is 267 g/mol. The molecule has 0 aliphatic carbocycles. The first-order valence-corrected chi connectivity index (χ1v) is 6.37. The molecule has 1 fully saturated rings. The van der Waals surface area contributed by atoms with Crippen LogP contribution in [0.4, 0.5) is 0 Å². The molecule has 1 saturated heterocycles. The molecule has 1 aliphatic heterocycles. The lowest BCUT2D eigenvalue weighted by Gasteiger charge is -2.19. The number of aryl methyl sites for hydroxylation is 1. The number of piperidine rings is 1. The number of nitrogens with zero attached hydrogens (tertiary/aromatic N) is 2. The van der Waals surface area contributed by atoms with Crippen LogP contribution in [0.3, 0.4) is 0 Å². The number of benzene rings is 1. The number of fused-ring (bicyclic) bond motifs is 1. The van der Waals surface area contributed by atoms with E-state index in [1.165, 1.54) is 0 Å². The fraction of sp³-hybridized carbons (Fsp3) is 0.267. The third kappa shape index (κ3) is 1.77. The van der Waals surface area contributed by atoms with Crippen LogP contribution in [0, 0.1) is 12.3 Å². The second-order valence-electron chi connectivity index (χ2n) is 4.86. The van der Waals surface area contributed by atoms with Crippen LogP contribution in [0.5, 0.6) is 0 Å². The first-order valence-electron chi connectivity index (χ1n) is 6.37. The highest BCUT2D eigenvalue weighted by atomic mass is 16.2. The van der Waals surface area contributed by atoms with Gasteiger partial charge < -0.3 is 0 Å². The minimum atomic E-state index is -0.399. The molecule has 3 rings (SSSR count). The molecule has 1 unspecified atom stereocenters. The van der Waals surface area contributed by atoms with E-state index >= 15 is 0 Å². The number of imide groups is 1. The summed E-state index contributed by atoms with van der Waals surface area (Å²) in [4.78, 5) is 23.2. The van der Waals surface area contributed by atoms with E-state index in [-0.39, 0.29) is 11.8 Å². The number of carbonyl (C=O) groups is 2. The highest BCUT2D eigenvalue weighted by Crippen LogP contribution is 2.31. The number of aromatic nitrogens is 2. The molecule has 5 nitrogen and oxygen atoms in total. The van der Waals surface area contributed by atoms with Crippen LogP contribution >= 0.6 is 0 Å². The van der Waals surface area contributed by atoms with Crippen LogP contribution in [0.15, 0.2) is 18.2 Å². The van der Waals surface area contributed by atoms with Crippen LogP contribution in [-0.4, -0.2) is 21.6 Å². The van der Waals surface area contributed by atoms with Crippen molar-refractivity contribution >= 4 is 22.7 Å². The average Bonchev–Trinajstić information content (AvgIpc) is 2.76. The Morgan fingerprint density at radius 3 is 2.95 bits per heavy atom. The molecule has 20 heavy (non-hydrogen) atoms. The summed E-state index contributed by atoms with van der Waals surface area (Å²) < 4.78 is 1.70. The first kappa shape index (κ1) is 12.4. The summed E-state index contributed by atoms with van der Waals surface area (Å²) in [5.74, 6) is 1.72. The van der Waals surface area contributed by atoms with E-state index < -0.39 is 5.92 Å². The Morgan fingerprint density at radius 1 is 1.45 bits per heavy atom. The van der Waals surface area contributed by atoms with Crippen molar-refractivity contribution in [3.63, 3.8) is 0 Å². The zero-order valence-electron chi connectivity index (χ0n) is 11.0. The van der Waals surface area contributed by atoms with Crippen molar-refractivity contribution in [3.05, 3.63) is 29.5 Å². The maximum Gasteiger partial charge on any atom is 0.235 e. The Kier molecular flexibility index (Phi) is 2.79. The molecule has 0 radical (unpaired) electrons. The third-order valence-corrected chi connectivity index (χ3v) is 3.62. The quantitative estimate of drug-likeness (QED) is 0.621. The predicted molar refractivity (Wildman–Crippen MR) is 73.8 cm³/mol. The smallest absolute Gasteiger partial charge is 0.235 e. The second-order valence-corrected chi connectivity index (χ2v) is 4.86. The summed E-state index contributed by atoms with van der Waals surface area (Å²) in [7, 11) is 1.80. The molecule has 0 spiro atoms. The van der Waals surface area contributed by atoms with E-state index in [1.54, 1.807) is 11.7 Å². The molecule has 2 heterocycles. The maximum absolute atomic E-state index is 12.0. The number of hydrogen-bond donors (Lipinski definition) is 1. The van der Waals surface area contributed by atoms with Gasteiger partial charge in [0.15, 0.2) is 0 Å². The molecule has 100 valence electrons. The number of para-hydroxylation sites is 1. The Morgan fingerprint density at radius 2 is 2.25 bits per heavy atom. The number of rotatable bonds is 1. The number of hydrogen-bond acceptors (Lipinski definition) is 3. The van der Waals surface area contributed by atoms with Crippen LogP contribution in [0.25, 0.3) is 10.9 Å². The highest BCUT2D eigenvalue weighted by molar-refractivity contribution is 6.02. The van der Waals surface area contributed by atoms with Crippen molar-refractivity contribution in [1.29, 1.82) is 0 Å². The second kappa shape index (κ2) is 4.49. The summed E-state index contributed by atoms with van der Waals surface area (Å²) in [6.45, 7) is 0. The fourth-order valence-electron chi connectivity index (χ4n) is 2.69. The maximum atomic E-state index is 12.0. The molecule has 1 atom stereocenters. The number of terminal acetylenes is 1. The van der Waals surface area contributed by atoms with Crippen molar-refractivity contribution in [1.82, 2.24) is 15.1 Å². The summed E-state index contributed by atoms with van der Waals surface area (Å²) in [6.07, 6.45) is 6.32. The zero-order chi connectivity index (χ0) is 14.3. The average molecular weight is 267 g/mol. The molecule has 0 bridgehead atoms. The Labute approximate surface area is 116 Å². The van der Waals surface area contributed by atoms with E-state index in [0.717, 1.165) is 16.5 Å². The van der Waals surface area contributed by atoms with Gasteiger partial charge in [-0.2, -0.15) is 5.10 Å². The van der Waals surface area contributed by atoms with E-state index in [9.17, 15) is 9.59 Å². The largest absolute Gasteiger partial charge is 0.296 e. The first-order chi connectivity index (χ1) is 9.61. The van der Waals surface area contributed by atoms with Crippen LogP contribution < -0.4 is 5.32 Å². The van der Waals surface area contributed by atoms with E-state index in [1.807, 2.05) is 18.2 Å². The molecular weight excluding hydrogens is 254 g/mol. The summed E-state index contributed by atoms with van der Waals surface area (Å²) in [5.41, 5.74) is 2.27. The molecule has 2 amide bonds. The lowest BCUT2D eigenvalue weighted by atomic mass is 9.92. The van der Waals surface area contributed by atoms with Crippen LogP contribution in [0.1, 0.15) is 30.0 Å². The van der Waals surface area contributed by atoms with Gasteiger partial charge >= 0.3 is 0 Å². The van der Waals surface area contributed by atoms with Gasteiger partial charge in [0, 0.05) is 18.9 Å². The predicted octanol–water partition coefficient (Wildman–Crippen LogP) is 1.07. The van der Waals surface area contributed by atoms with Crippen LogP contribution in [-0.2, 0) is 16.6 Å². The lowest BCUT2D eigenvalue weighted by Crippen LogP contribution is -2.39. The normalized spacial score (nSPS) is 18.9. The third-order valence-electron chi connectivity index (χ3n) is 3.62. The molecule has 1 aromatic heterocycles. The summed E-state index contributed by atoms with van der Waals surface area (Å²) in [6, 6.07) is 5.61. The Bertz CT molecular complexity index is 767. The van der Waals surface area contributed by atoms with Gasteiger partial charge in [0.2, 0.25) is 11.8 Å². The van der Waals surface area contributed by atoms with Gasteiger partial charge in [-0.15, -0.1) is 6.42 Å². The van der Waals surface area contributed by atoms with Gasteiger partial charge in [0.05, 0.1) is 22.7 Å². The van der Waals surface area contributed by atoms with Gasteiger partial charge in [-0.05, 0) is 12.5 Å². The lowest BCUT2D eigenvalue weighted by molar-refractivity contribution is -0.134. The van der Waals surface area contributed by atoms with Gasteiger partial charge in [-0.3, -0.25) is 19.6 Å². The van der Waals surface area contributed by atoms with Gasteiger partial charge in [0.25, 0.3) is 0 Å². The molecule has 1 N–H and O–H groups in total. The number of nitrogens with one attached hydrogen (secondary N) is 1. The Balaban J connectivity index is 2.16. The zero-order valence-corrected chi connectivity index (χ0v) is 11.0. The molecule has 0 saturated carbocycles. The van der Waals surface area contributed by atoms with Crippen molar-refractivity contribution < 1.29 is 9.59 Å². The number of carbonyl (C=O) groups excluding carboxylic acids is 2. The molecule has 2 aromatic rings. The molecular formula is C15H13N3O2. The molecule has 1 aliphatic rings. The van der Waals surface area contributed by atoms with Crippen molar-refractivity contribution in [2.45, 2.75) is 18.8 Å². The summed E-state index contributed by atoms with van der Waals surface area (Å²) >= 11 is 0. The van der Waals surface area contributed by atoms with Crippen molar-refractivity contribution in [2.75, 3.05) is 0 Å². The Hall–Kier alpha value is -2.61. The SMILES string of the molecule is C#Cc1cccc2c(C3CCC(=O)NC3=O)nn(C)c12. The standard InChI is InChI=1S/C15H13N3O2/c1-3-9-5-4-6-10-13(17-18(2)14(9)10)11-7-8-12(19)16-15(11)20/h1,4-6,11H,7-8H2,2H3,(H,16,19,20). The topological polar surface area (TPSA) is 64.0 Å². The number of amides is 2. The van der Waals surface area contributed by atoms with E-state index in [0.29, 0.717) is 18.5 Å². The molecule has 1 aromatic carbocycles.